The molecule has 3 aromatic heterocycles. The Morgan fingerprint density at radius 1 is 1.14 bits per heavy atom. The lowest BCUT2D eigenvalue weighted by Gasteiger charge is -2.19. The van der Waals surface area contributed by atoms with Crippen molar-refractivity contribution in [2.75, 3.05) is 0 Å². The molecule has 0 aliphatic rings. The van der Waals surface area contributed by atoms with Gasteiger partial charge in [-0.3, -0.25) is 14.8 Å². The molecule has 0 bridgehead atoms. The summed E-state index contributed by atoms with van der Waals surface area (Å²) >= 11 is 0. The summed E-state index contributed by atoms with van der Waals surface area (Å²) < 4.78 is 14.9. The summed E-state index contributed by atoms with van der Waals surface area (Å²) in [4.78, 5) is 29.5. The number of amides is 1. The van der Waals surface area contributed by atoms with Gasteiger partial charge in [-0.15, -0.1) is 0 Å². The monoisotopic (exact) mass is 479 g/mol. The van der Waals surface area contributed by atoms with Crippen LogP contribution in [0.2, 0.25) is 0 Å². The van der Waals surface area contributed by atoms with Crippen LogP contribution in [0.25, 0.3) is 16.6 Å². The first-order valence-electron chi connectivity index (χ1n) is 11.3. The van der Waals surface area contributed by atoms with Gasteiger partial charge in [0.05, 0.1) is 47.5 Å². The first kappa shape index (κ1) is 27.3. The lowest BCUT2D eigenvalue weighted by molar-refractivity contribution is -0.0980. The van der Waals surface area contributed by atoms with Crippen molar-refractivity contribution >= 4 is 23.6 Å². The summed E-state index contributed by atoms with van der Waals surface area (Å²) in [5, 5.41) is 17.5. The van der Waals surface area contributed by atoms with E-state index in [-0.39, 0.29) is 24.4 Å². The number of rotatable bonds is 7. The Morgan fingerprint density at radius 3 is 2.51 bits per heavy atom. The second kappa shape index (κ2) is 13.7. The Hall–Kier alpha value is -3.98. The summed E-state index contributed by atoms with van der Waals surface area (Å²) in [6.07, 6.45) is 7.99. The van der Waals surface area contributed by atoms with E-state index < -0.39 is 0 Å². The van der Waals surface area contributed by atoms with Gasteiger partial charge in [0.2, 0.25) is 0 Å². The number of carbonyl (C=O) groups is 2. The van der Waals surface area contributed by atoms with Crippen LogP contribution in [0, 0.1) is 5.82 Å². The van der Waals surface area contributed by atoms with Gasteiger partial charge in [-0.05, 0) is 48.4 Å². The average Bonchev–Trinajstić information content (AvgIpc) is 3.35. The number of hydrogen-bond donors (Lipinski definition) is 2. The van der Waals surface area contributed by atoms with Crippen molar-refractivity contribution in [3.8, 4) is 5.69 Å². The molecule has 1 atom stereocenters. The smallest absolute Gasteiger partial charge is 0.254 e. The largest absolute Gasteiger partial charge is 0.390 e. The van der Waals surface area contributed by atoms with E-state index in [2.05, 4.69) is 20.4 Å². The third-order valence-corrected chi connectivity index (χ3v) is 5.10. The van der Waals surface area contributed by atoms with Gasteiger partial charge >= 0.3 is 0 Å². The minimum absolute atomic E-state index is 0.160. The van der Waals surface area contributed by atoms with Crippen molar-refractivity contribution in [3.05, 3.63) is 83.8 Å². The molecule has 184 valence electrons. The van der Waals surface area contributed by atoms with E-state index in [1.54, 1.807) is 41.5 Å². The molecule has 1 amide bonds. The zero-order valence-electron chi connectivity index (χ0n) is 20.1. The molecule has 0 spiro atoms. The summed E-state index contributed by atoms with van der Waals surface area (Å²) in [5.74, 6) is -0.599. The summed E-state index contributed by atoms with van der Waals surface area (Å²) in [6, 6.07) is 9.36. The molecule has 0 aliphatic carbocycles. The minimum Gasteiger partial charge on any atom is -0.390 e. The van der Waals surface area contributed by atoms with Crippen molar-refractivity contribution in [3.63, 3.8) is 0 Å². The lowest BCUT2D eigenvalue weighted by atomic mass is 10.0. The molecule has 35 heavy (non-hydrogen) atoms. The maximum absolute atomic E-state index is 13.3. The van der Waals surface area contributed by atoms with Crippen LogP contribution in [0.1, 0.15) is 61.3 Å². The first-order chi connectivity index (χ1) is 17.1. The van der Waals surface area contributed by atoms with Crippen LogP contribution in [0.3, 0.4) is 0 Å². The molecule has 0 saturated carbocycles. The number of carbonyl (C=O) groups excluding carboxylic acids is 2. The van der Waals surface area contributed by atoms with Gasteiger partial charge in [0.15, 0.2) is 0 Å². The molecule has 0 saturated heterocycles. The Balaban J connectivity index is 0.00000103. The normalized spacial score (nSPS) is 11.0. The number of hydrogen-bond acceptors (Lipinski definition) is 6. The van der Waals surface area contributed by atoms with Crippen molar-refractivity contribution in [2.45, 2.75) is 46.3 Å². The Labute approximate surface area is 203 Å². The number of pyridine rings is 2. The zero-order valence-corrected chi connectivity index (χ0v) is 20.1. The third-order valence-electron chi connectivity index (χ3n) is 5.10. The van der Waals surface area contributed by atoms with Crippen molar-refractivity contribution in [1.29, 1.82) is 0 Å². The van der Waals surface area contributed by atoms with E-state index in [1.165, 1.54) is 18.3 Å². The number of nitrogens with zero attached hydrogens (tertiary/aromatic N) is 4. The quantitative estimate of drug-likeness (QED) is 0.402. The zero-order chi connectivity index (χ0) is 25.8. The summed E-state index contributed by atoms with van der Waals surface area (Å²) in [7, 11) is 0. The van der Waals surface area contributed by atoms with Gasteiger partial charge in [-0.1, -0.05) is 27.2 Å². The second-order valence-corrected chi connectivity index (χ2v) is 7.21. The van der Waals surface area contributed by atoms with Gasteiger partial charge in [0, 0.05) is 17.8 Å². The van der Waals surface area contributed by atoms with Gasteiger partial charge in [-0.2, -0.15) is 5.10 Å². The fraction of sp³-hybridized carbons (Fsp3) is 0.269. The van der Waals surface area contributed by atoms with Crippen LogP contribution in [0.5, 0.6) is 0 Å². The number of halogens is 1. The Bertz CT molecular complexity index is 1230. The fourth-order valence-electron chi connectivity index (χ4n) is 3.56. The van der Waals surface area contributed by atoms with Gasteiger partial charge < -0.3 is 15.2 Å². The highest BCUT2D eigenvalue weighted by Crippen LogP contribution is 2.24. The SMILES string of the molecule is C=O.CC.CCCC(NC(=O)c1cncc2c1cnn2-c1ccc(F)cc1)c1ccnc(CO)c1. The number of fused-ring (bicyclic) bond motifs is 1. The van der Waals surface area contributed by atoms with Gasteiger partial charge in [0.25, 0.3) is 5.91 Å². The molecular formula is C26H30FN5O3. The van der Waals surface area contributed by atoms with E-state index >= 15 is 0 Å². The molecule has 0 aliphatic heterocycles. The van der Waals surface area contributed by atoms with E-state index in [0.717, 1.165) is 18.4 Å². The van der Waals surface area contributed by atoms with E-state index in [0.29, 0.717) is 27.8 Å². The molecule has 9 heteroatoms. The van der Waals surface area contributed by atoms with Gasteiger partial charge in [0.1, 0.15) is 12.6 Å². The average molecular weight is 480 g/mol. The van der Waals surface area contributed by atoms with Crippen LogP contribution in [-0.2, 0) is 11.4 Å². The van der Waals surface area contributed by atoms with Crippen LogP contribution in [0.4, 0.5) is 4.39 Å². The highest BCUT2D eigenvalue weighted by Gasteiger charge is 2.19. The molecule has 1 unspecified atom stereocenters. The summed E-state index contributed by atoms with van der Waals surface area (Å²) in [5.41, 5.74) is 3.17. The van der Waals surface area contributed by atoms with Crippen molar-refractivity contribution in [1.82, 2.24) is 25.1 Å². The molecule has 8 nitrogen and oxygen atoms in total. The van der Waals surface area contributed by atoms with Crippen molar-refractivity contribution in [2.24, 2.45) is 0 Å². The lowest BCUT2D eigenvalue weighted by Crippen LogP contribution is -2.29. The number of benzene rings is 1. The molecule has 3 heterocycles. The predicted octanol–water partition coefficient (Wildman–Crippen LogP) is 4.56. The van der Waals surface area contributed by atoms with Crippen molar-refractivity contribution < 1.29 is 19.1 Å². The topological polar surface area (TPSA) is 110 Å². The minimum atomic E-state index is -0.333. The Morgan fingerprint density at radius 2 is 1.86 bits per heavy atom. The first-order valence-corrected chi connectivity index (χ1v) is 11.3. The maximum Gasteiger partial charge on any atom is 0.254 e. The molecule has 4 rings (SSSR count). The number of nitrogens with one attached hydrogen (secondary N) is 1. The fourth-order valence-corrected chi connectivity index (χ4v) is 3.56. The predicted molar refractivity (Wildman–Crippen MR) is 133 cm³/mol. The molecule has 0 fully saturated rings. The van der Waals surface area contributed by atoms with Crippen LogP contribution >= 0.6 is 0 Å². The number of aliphatic hydroxyl groups excluding tert-OH is 1. The maximum atomic E-state index is 13.3. The second-order valence-electron chi connectivity index (χ2n) is 7.21. The molecular weight excluding hydrogens is 449 g/mol. The van der Waals surface area contributed by atoms with E-state index in [1.807, 2.05) is 33.6 Å². The highest BCUT2D eigenvalue weighted by atomic mass is 19.1. The molecule has 1 aromatic carbocycles. The molecule has 0 radical (unpaired) electrons. The van der Waals surface area contributed by atoms with Gasteiger partial charge in [-0.25, -0.2) is 9.07 Å². The third kappa shape index (κ3) is 6.54. The van der Waals surface area contributed by atoms with Crippen LogP contribution in [-0.4, -0.2) is 37.6 Å². The Kier molecular flexibility index (Phi) is 10.6. The van der Waals surface area contributed by atoms with Crippen LogP contribution < -0.4 is 5.32 Å². The molecule has 4 aromatic rings. The number of aromatic nitrogens is 4. The standard InChI is InChI=1S/C23H22FN5O2.C2H6.CH2O/c1-2-3-21(15-8-9-26-17(10-15)14-30)28-23(31)20-11-25-13-22-19(20)12-27-29(22)18-6-4-16(24)5-7-18;2*1-2/h4-13,21,30H,2-3,14H2,1H3,(H,28,31);1-2H3;1H2. The highest BCUT2D eigenvalue weighted by molar-refractivity contribution is 6.06. The van der Waals surface area contributed by atoms with Crippen LogP contribution in [0.15, 0.2) is 61.2 Å². The summed E-state index contributed by atoms with van der Waals surface area (Å²) in [6.45, 7) is 7.88. The number of aliphatic hydroxyl groups is 1. The molecule has 2 N–H and O–H groups in total. The van der Waals surface area contributed by atoms with E-state index in [9.17, 15) is 14.3 Å². The van der Waals surface area contributed by atoms with E-state index in [4.69, 9.17) is 4.79 Å².